The van der Waals surface area contributed by atoms with E-state index in [1.54, 1.807) is 0 Å². The number of rotatable bonds is 5. The summed E-state index contributed by atoms with van der Waals surface area (Å²) in [5.74, 6) is 3.39. The van der Waals surface area contributed by atoms with Crippen molar-refractivity contribution >= 4 is 11.4 Å². The van der Waals surface area contributed by atoms with Gasteiger partial charge in [-0.15, -0.1) is 0 Å². The lowest BCUT2D eigenvalue weighted by Gasteiger charge is -2.38. The number of allylic oxidation sites excluding steroid dienone is 6. The fourth-order valence-corrected chi connectivity index (χ4v) is 10.4. The Bertz CT molecular complexity index is 2870. The summed E-state index contributed by atoms with van der Waals surface area (Å²) in [4.78, 5) is 2.47. The standard InChI is InChI=1S/C55H39NO2/c1-3-16-36(17-4-1)38-20-15-21-39(34-38)56(49-29-14-10-22-41(49)37-18-5-2-6-19-37)40-30-32-50-52(35-40)57-51-33-31-48-53(54(51)58-50)44-25-9-13-28-47(44)55(48)45-26-11-7-23-42(45)43-24-8-12-27-46(43)55/h1-16,18-36,41,49H,17H2. The Kier molecular flexibility index (Phi) is 7.40. The molecular weight excluding hydrogens is 707 g/mol. The van der Waals surface area contributed by atoms with Crippen molar-refractivity contribution in [1.29, 1.82) is 0 Å². The van der Waals surface area contributed by atoms with Gasteiger partial charge in [0.25, 0.3) is 0 Å². The molecule has 0 radical (unpaired) electrons. The van der Waals surface area contributed by atoms with Crippen molar-refractivity contribution in [3.05, 3.63) is 240 Å². The van der Waals surface area contributed by atoms with Crippen LogP contribution in [0.5, 0.6) is 23.0 Å². The number of hydrogen-bond donors (Lipinski definition) is 0. The molecule has 5 aliphatic rings. The van der Waals surface area contributed by atoms with E-state index in [0.717, 1.165) is 34.9 Å². The minimum absolute atomic E-state index is 0.0208. The third-order valence-corrected chi connectivity index (χ3v) is 12.9. The highest BCUT2D eigenvalue weighted by Crippen LogP contribution is 2.66. The minimum atomic E-state index is -0.447. The molecule has 3 atom stereocenters. The van der Waals surface area contributed by atoms with Gasteiger partial charge in [-0.25, -0.2) is 0 Å². The molecule has 0 saturated carbocycles. The van der Waals surface area contributed by atoms with Gasteiger partial charge in [0, 0.05) is 34.8 Å². The number of ether oxygens (including phenoxy) is 2. The van der Waals surface area contributed by atoms with Gasteiger partial charge in [0.2, 0.25) is 0 Å². The Morgan fingerprint density at radius 3 is 1.90 bits per heavy atom. The van der Waals surface area contributed by atoms with E-state index in [-0.39, 0.29) is 12.0 Å². The number of hydrogen-bond acceptors (Lipinski definition) is 3. The average molecular weight is 746 g/mol. The quantitative estimate of drug-likeness (QED) is 0.175. The number of fused-ring (bicyclic) bond motifs is 13. The van der Waals surface area contributed by atoms with Gasteiger partial charge in [-0.2, -0.15) is 0 Å². The molecule has 3 unspecified atom stereocenters. The van der Waals surface area contributed by atoms with Crippen molar-refractivity contribution < 1.29 is 9.47 Å². The van der Waals surface area contributed by atoms with Crippen molar-refractivity contribution in [2.45, 2.75) is 29.7 Å². The van der Waals surface area contributed by atoms with Crippen LogP contribution in [0.4, 0.5) is 11.4 Å². The molecule has 1 heterocycles. The van der Waals surface area contributed by atoms with Gasteiger partial charge in [-0.3, -0.25) is 0 Å². The summed E-state index contributed by atoms with van der Waals surface area (Å²) in [6.07, 6.45) is 18.9. The van der Waals surface area contributed by atoms with Gasteiger partial charge < -0.3 is 14.4 Å². The largest absolute Gasteiger partial charge is 0.449 e. The van der Waals surface area contributed by atoms with Crippen LogP contribution in [0, 0.1) is 0 Å². The number of anilines is 2. The number of benzene rings is 7. The SMILES string of the molecule is C1=CCC(c2cccc(N(c3ccc4c(c3)Oc3ccc5c(c3O4)-c3ccccc3C53c4ccccc4-c4ccccc43)C3C=CC=CC3c3ccccc3)c2)C=C1. The second-order valence-electron chi connectivity index (χ2n) is 15.9. The van der Waals surface area contributed by atoms with Gasteiger partial charge in [-0.05, 0) is 86.8 Å². The summed E-state index contributed by atoms with van der Waals surface area (Å²) in [5, 5.41) is 0. The Labute approximate surface area is 339 Å². The molecule has 276 valence electrons. The molecule has 58 heavy (non-hydrogen) atoms. The second-order valence-corrected chi connectivity index (χ2v) is 15.9. The lowest BCUT2D eigenvalue weighted by Crippen LogP contribution is -2.35. The Hall–Kier alpha value is -7.10. The summed E-state index contributed by atoms with van der Waals surface area (Å²) in [5.41, 5.74) is 14.3. The zero-order chi connectivity index (χ0) is 38.2. The van der Waals surface area contributed by atoms with Crippen molar-refractivity contribution in [3.8, 4) is 45.3 Å². The monoisotopic (exact) mass is 745 g/mol. The van der Waals surface area contributed by atoms with Gasteiger partial charge >= 0.3 is 0 Å². The molecule has 0 bridgehead atoms. The Morgan fingerprint density at radius 2 is 1.12 bits per heavy atom. The molecule has 0 N–H and O–H groups in total. The van der Waals surface area contributed by atoms with Crippen LogP contribution in [0.3, 0.4) is 0 Å². The number of nitrogens with zero attached hydrogens (tertiary/aromatic N) is 1. The van der Waals surface area contributed by atoms with Crippen LogP contribution < -0.4 is 14.4 Å². The molecule has 1 aliphatic heterocycles. The minimum Gasteiger partial charge on any atom is -0.449 e. The Morgan fingerprint density at radius 1 is 0.466 bits per heavy atom. The first kappa shape index (κ1) is 33.1. The molecule has 12 rings (SSSR count). The second kappa shape index (κ2) is 13.0. The smallest absolute Gasteiger partial charge is 0.178 e. The van der Waals surface area contributed by atoms with Crippen molar-refractivity contribution in [3.63, 3.8) is 0 Å². The van der Waals surface area contributed by atoms with E-state index in [1.807, 2.05) is 0 Å². The lowest BCUT2D eigenvalue weighted by molar-refractivity contribution is 0.360. The summed E-state index contributed by atoms with van der Waals surface area (Å²) in [7, 11) is 0. The van der Waals surface area contributed by atoms with Crippen LogP contribution in [-0.2, 0) is 5.41 Å². The third kappa shape index (κ3) is 4.80. The van der Waals surface area contributed by atoms with E-state index in [0.29, 0.717) is 17.4 Å². The molecule has 3 nitrogen and oxygen atoms in total. The fraction of sp³-hybridized carbons (Fsp3) is 0.0909. The third-order valence-electron chi connectivity index (χ3n) is 12.9. The topological polar surface area (TPSA) is 21.7 Å². The van der Waals surface area contributed by atoms with Crippen LogP contribution in [0.1, 0.15) is 51.6 Å². The zero-order valence-electron chi connectivity index (χ0n) is 31.8. The summed E-state index contributed by atoms with van der Waals surface area (Å²) in [6.45, 7) is 0. The van der Waals surface area contributed by atoms with E-state index >= 15 is 0 Å². The van der Waals surface area contributed by atoms with Gasteiger partial charge in [0.05, 0.1) is 11.5 Å². The van der Waals surface area contributed by atoms with E-state index < -0.39 is 5.41 Å². The van der Waals surface area contributed by atoms with E-state index in [4.69, 9.17) is 9.47 Å². The van der Waals surface area contributed by atoms with Gasteiger partial charge in [-0.1, -0.05) is 170 Å². The van der Waals surface area contributed by atoms with Crippen molar-refractivity contribution in [2.24, 2.45) is 0 Å². The van der Waals surface area contributed by atoms with Gasteiger partial charge in [0.1, 0.15) is 0 Å². The van der Waals surface area contributed by atoms with Gasteiger partial charge in [0.15, 0.2) is 23.0 Å². The molecule has 7 aromatic carbocycles. The highest BCUT2D eigenvalue weighted by molar-refractivity contribution is 5.97. The first-order valence-electron chi connectivity index (χ1n) is 20.4. The van der Waals surface area contributed by atoms with Crippen molar-refractivity contribution in [1.82, 2.24) is 0 Å². The molecule has 0 fully saturated rings. The first-order chi connectivity index (χ1) is 28.8. The fourth-order valence-electron chi connectivity index (χ4n) is 10.4. The molecule has 1 spiro atoms. The van der Waals surface area contributed by atoms with Crippen LogP contribution in [-0.4, -0.2) is 6.04 Å². The highest BCUT2D eigenvalue weighted by atomic mass is 16.6. The maximum atomic E-state index is 7.05. The van der Waals surface area contributed by atoms with Crippen LogP contribution >= 0.6 is 0 Å². The summed E-state index contributed by atoms with van der Waals surface area (Å²) in [6, 6.07) is 57.4. The predicted octanol–water partition coefficient (Wildman–Crippen LogP) is 13.9. The van der Waals surface area contributed by atoms with Crippen molar-refractivity contribution in [2.75, 3.05) is 4.90 Å². The predicted molar refractivity (Wildman–Crippen MR) is 235 cm³/mol. The maximum Gasteiger partial charge on any atom is 0.178 e. The lowest BCUT2D eigenvalue weighted by atomic mass is 9.70. The summed E-state index contributed by atoms with van der Waals surface area (Å²) < 4.78 is 14.0. The van der Waals surface area contributed by atoms with Crippen LogP contribution in [0.25, 0.3) is 22.3 Å². The van der Waals surface area contributed by atoms with Crippen LogP contribution in [0.2, 0.25) is 0 Å². The van der Waals surface area contributed by atoms with E-state index in [1.165, 1.54) is 50.1 Å². The van der Waals surface area contributed by atoms with E-state index in [9.17, 15) is 0 Å². The molecule has 0 saturated heterocycles. The Balaban J connectivity index is 0.983. The van der Waals surface area contributed by atoms with Crippen LogP contribution in [0.15, 0.2) is 206 Å². The molecular formula is C55H39NO2. The highest BCUT2D eigenvalue weighted by Gasteiger charge is 2.53. The zero-order valence-corrected chi connectivity index (χ0v) is 31.8. The summed E-state index contributed by atoms with van der Waals surface area (Å²) >= 11 is 0. The molecule has 7 aromatic rings. The molecule has 0 aromatic heterocycles. The van der Waals surface area contributed by atoms with E-state index in [2.05, 4.69) is 211 Å². The average Bonchev–Trinajstić information content (AvgIpc) is 3.77. The normalized spacial score (nSPS) is 19.3. The molecule has 4 aliphatic carbocycles. The molecule has 3 heteroatoms. The maximum absolute atomic E-state index is 7.05. The molecule has 0 amide bonds. The first-order valence-corrected chi connectivity index (χ1v) is 20.4.